The maximum absolute atomic E-state index is 13.1. The van der Waals surface area contributed by atoms with Crippen LogP contribution in [0.4, 0.5) is 5.69 Å². The molecule has 8 nitrogen and oxygen atoms in total. The highest BCUT2D eigenvalue weighted by Gasteiger charge is 2.41. The van der Waals surface area contributed by atoms with Crippen LogP contribution in [0, 0.1) is 0 Å². The molecule has 0 unspecified atom stereocenters. The Kier molecular flexibility index (Phi) is 4.95. The van der Waals surface area contributed by atoms with Crippen LogP contribution in [0.3, 0.4) is 0 Å². The molecule has 4 aromatic rings. The van der Waals surface area contributed by atoms with E-state index >= 15 is 0 Å². The number of pyridine rings is 1. The summed E-state index contributed by atoms with van der Waals surface area (Å²) >= 11 is 0. The predicted octanol–water partition coefficient (Wildman–Crippen LogP) is 4.35. The maximum atomic E-state index is 13.1. The lowest BCUT2D eigenvalue weighted by Gasteiger charge is -2.10. The molecule has 0 radical (unpaired) electrons. The predicted molar refractivity (Wildman–Crippen MR) is 121 cm³/mol. The van der Waals surface area contributed by atoms with Crippen LogP contribution in [0.5, 0.6) is 11.5 Å². The molecule has 2 aromatic carbocycles. The van der Waals surface area contributed by atoms with Gasteiger partial charge in [-0.25, -0.2) is 0 Å². The first-order valence-electron chi connectivity index (χ1n) is 10.2. The Hall–Kier alpha value is -4.72. The van der Waals surface area contributed by atoms with Crippen molar-refractivity contribution in [2.45, 2.75) is 0 Å². The first-order valence-corrected chi connectivity index (χ1v) is 10.2. The van der Waals surface area contributed by atoms with Gasteiger partial charge in [0.1, 0.15) is 17.2 Å². The van der Waals surface area contributed by atoms with Gasteiger partial charge in [-0.05, 0) is 42.0 Å². The largest absolute Gasteiger partial charge is 0.457 e. The average Bonchev–Trinajstić information content (AvgIpc) is 3.34. The lowest BCUT2D eigenvalue weighted by atomic mass is 10.1. The Balaban J connectivity index is 1.43. The number of fused-ring (bicyclic) bond motifs is 1. The third kappa shape index (κ3) is 3.63. The van der Waals surface area contributed by atoms with Crippen molar-refractivity contribution < 1.29 is 19.1 Å². The second kappa shape index (κ2) is 8.08. The van der Waals surface area contributed by atoms with Crippen molar-refractivity contribution in [2.24, 2.45) is 0 Å². The van der Waals surface area contributed by atoms with Gasteiger partial charge in [0, 0.05) is 25.1 Å². The van der Waals surface area contributed by atoms with E-state index in [0.29, 0.717) is 28.4 Å². The Labute approximate surface area is 188 Å². The van der Waals surface area contributed by atoms with Crippen LogP contribution in [0.15, 0.2) is 79.1 Å². The number of anilines is 1. The second-order valence-electron chi connectivity index (χ2n) is 7.42. The van der Waals surface area contributed by atoms with Gasteiger partial charge in [0.2, 0.25) is 0 Å². The summed E-state index contributed by atoms with van der Waals surface area (Å²) in [6.45, 7) is 0. The number of nitrogens with one attached hydrogen (secondary N) is 2. The van der Waals surface area contributed by atoms with Crippen molar-refractivity contribution in [2.75, 3.05) is 12.4 Å². The Morgan fingerprint density at radius 3 is 2.21 bits per heavy atom. The summed E-state index contributed by atoms with van der Waals surface area (Å²) in [5.74, 6) is -0.243. The summed E-state index contributed by atoms with van der Waals surface area (Å²) in [6.07, 6.45) is 3.26. The molecule has 0 aliphatic carbocycles. The van der Waals surface area contributed by atoms with Crippen molar-refractivity contribution in [1.29, 1.82) is 0 Å². The molecule has 0 atom stereocenters. The van der Waals surface area contributed by atoms with E-state index in [1.807, 2.05) is 30.3 Å². The highest BCUT2D eigenvalue weighted by Crippen LogP contribution is 2.35. The quantitative estimate of drug-likeness (QED) is 0.451. The molecule has 8 heteroatoms. The minimum absolute atomic E-state index is 0.0451. The topological polar surface area (TPSA) is 104 Å². The van der Waals surface area contributed by atoms with Gasteiger partial charge in [0.15, 0.2) is 0 Å². The van der Waals surface area contributed by atoms with Gasteiger partial charge in [0.25, 0.3) is 17.7 Å². The van der Waals surface area contributed by atoms with Gasteiger partial charge in [-0.3, -0.25) is 24.3 Å². The number of carbonyl (C=O) groups excluding carboxylic acids is 3. The molecule has 1 aliphatic rings. The zero-order chi connectivity index (χ0) is 22.9. The monoisotopic (exact) mass is 438 g/mol. The number of amides is 3. The van der Waals surface area contributed by atoms with Gasteiger partial charge in [0.05, 0.1) is 16.8 Å². The summed E-state index contributed by atoms with van der Waals surface area (Å²) in [5, 5.41) is 2.78. The van der Waals surface area contributed by atoms with Crippen molar-refractivity contribution in [1.82, 2.24) is 14.9 Å². The van der Waals surface area contributed by atoms with E-state index in [1.54, 1.807) is 48.8 Å². The second-order valence-corrected chi connectivity index (χ2v) is 7.42. The number of aromatic amines is 1. The van der Waals surface area contributed by atoms with Crippen LogP contribution in [0.2, 0.25) is 0 Å². The van der Waals surface area contributed by atoms with Crippen LogP contribution in [-0.4, -0.2) is 39.6 Å². The Morgan fingerprint density at radius 2 is 1.52 bits per heavy atom. The van der Waals surface area contributed by atoms with Crippen molar-refractivity contribution in [3.05, 3.63) is 95.9 Å². The molecular weight excluding hydrogens is 420 g/mol. The number of aromatic nitrogens is 2. The van der Waals surface area contributed by atoms with E-state index in [1.165, 1.54) is 7.05 Å². The van der Waals surface area contributed by atoms with Gasteiger partial charge in [-0.15, -0.1) is 0 Å². The normalized spacial score (nSPS) is 12.6. The van der Waals surface area contributed by atoms with E-state index in [2.05, 4.69) is 15.3 Å². The number of hydrogen-bond donors (Lipinski definition) is 2. The summed E-state index contributed by atoms with van der Waals surface area (Å²) in [5.41, 5.74) is 2.00. The first kappa shape index (κ1) is 20.2. The molecule has 0 bridgehead atoms. The molecule has 2 aromatic heterocycles. The van der Waals surface area contributed by atoms with Gasteiger partial charge < -0.3 is 15.0 Å². The molecule has 0 fully saturated rings. The lowest BCUT2D eigenvalue weighted by Crippen LogP contribution is -2.26. The maximum Gasteiger partial charge on any atom is 0.272 e. The molecule has 162 valence electrons. The summed E-state index contributed by atoms with van der Waals surface area (Å²) < 4.78 is 5.73. The zero-order valence-corrected chi connectivity index (χ0v) is 17.5. The highest BCUT2D eigenvalue weighted by atomic mass is 16.5. The molecule has 5 rings (SSSR count). The minimum atomic E-state index is -0.521. The number of imide groups is 1. The summed E-state index contributed by atoms with van der Waals surface area (Å²) in [7, 11) is 1.41. The number of rotatable bonds is 5. The highest BCUT2D eigenvalue weighted by molar-refractivity contribution is 6.28. The smallest absolute Gasteiger partial charge is 0.272 e. The number of nitrogens with zero attached hydrogens (tertiary/aromatic N) is 2. The Morgan fingerprint density at radius 1 is 0.879 bits per heavy atom. The van der Waals surface area contributed by atoms with E-state index in [4.69, 9.17) is 4.74 Å². The van der Waals surface area contributed by atoms with Crippen LogP contribution in [0.25, 0.3) is 11.3 Å². The number of hydrogen-bond acceptors (Lipinski definition) is 5. The number of carbonyl (C=O) groups is 3. The van der Waals surface area contributed by atoms with E-state index < -0.39 is 17.7 Å². The third-order valence-electron chi connectivity index (χ3n) is 5.32. The number of H-pyrrole nitrogens is 1. The molecule has 1 aliphatic heterocycles. The van der Waals surface area contributed by atoms with Gasteiger partial charge in [-0.2, -0.15) is 0 Å². The molecule has 0 spiro atoms. The van der Waals surface area contributed by atoms with Crippen molar-refractivity contribution in [3.63, 3.8) is 0 Å². The zero-order valence-electron chi connectivity index (χ0n) is 17.5. The van der Waals surface area contributed by atoms with Crippen molar-refractivity contribution >= 4 is 23.4 Å². The SMILES string of the molecule is CN1C(=O)c2c(C(=O)Nc3ccc(Oc4ccncc4)cc3)[nH]c(-c3ccccc3)c2C1=O. The fraction of sp³-hybridized carbons (Fsp3) is 0.0400. The number of ether oxygens (including phenoxy) is 1. The van der Waals surface area contributed by atoms with Crippen LogP contribution >= 0.6 is 0 Å². The summed E-state index contributed by atoms with van der Waals surface area (Å²) in [6, 6.07) is 19.4. The van der Waals surface area contributed by atoms with E-state index in [9.17, 15) is 14.4 Å². The molecule has 0 saturated carbocycles. The fourth-order valence-electron chi connectivity index (χ4n) is 3.69. The van der Waals surface area contributed by atoms with Crippen LogP contribution < -0.4 is 10.1 Å². The molecule has 0 saturated heterocycles. The molecule has 3 amide bonds. The van der Waals surface area contributed by atoms with Gasteiger partial charge in [-0.1, -0.05) is 30.3 Å². The molecule has 3 heterocycles. The third-order valence-corrected chi connectivity index (χ3v) is 5.32. The van der Waals surface area contributed by atoms with Crippen LogP contribution in [-0.2, 0) is 0 Å². The molecular formula is C25H18N4O4. The number of benzene rings is 2. The van der Waals surface area contributed by atoms with Crippen LogP contribution in [0.1, 0.15) is 31.2 Å². The van der Waals surface area contributed by atoms with E-state index in [0.717, 1.165) is 4.90 Å². The average molecular weight is 438 g/mol. The minimum Gasteiger partial charge on any atom is -0.457 e. The molecule has 33 heavy (non-hydrogen) atoms. The Bertz CT molecular complexity index is 1360. The van der Waals surface area contributed by atoms with Gasteiger partial charge >= 0.3 is 0 Å². The first-order chi connectivity index (χ1) is 16.0. The fourth-order valence-corrected chi connectivity index (χ4v) is 3.69. The van der Waals surface area contributed by atoms with Crippen molar-refractivity contribution in [3.8, 4) is 22.8 Å². The lowest BCUT2D eigenvalue weighted by molar-refractivity contribution is 0.0690. The molecule has 2 N–H and O–H groups in total. The summed E-state index contributed by atoms with van der Waals surface area (Å²) in [4.78, 5) is 46.5. The standard InChI is InChI=1S/C25H18N4O4/c1-29-24(31)19-20(25(29)32)22(28-21(19)15-5-3-2-4-6-15)23(30)27-16-7-9-17(10-8-16)33-18-11-13-26-14-12-18/h2-14,28H,1H3,(H,27,30). The van der Waals surface area contributed by atoms with E-state index in [-0.39, 0.29) is 16.8 Å².